The summed E-state index contributed by atoms with van der Waals surface area (Å²) in [5.41, 5.74) is -0.472. The Hall–Kier alpha value is -2.70. The number of rotatable bonds is 3. The van der Waals surface area contributed by atoms with Gasteiger partial charge in [0.15, 0.2) is 17.4 Å². The third-order valence-corrected chi connectivity index (χ3v) is 2.81. The summed E-state index contributed by atoms with van der Waals surface area (Å²) in [6.45, 7) is -0.148. The van der Waals surface area contributed by atoms with Crippen LogP contribution in [0, 0.1) is 17.5 Å². The van der Waals surface area contributed by atoms with Gasteiger partial charge in [-0.3, -0.25) is 4.79 Å². The molecule has 0 heterocycles. The first-order valence-corrected chi connectivity index (χ1v) is 5.83. The Labute approximate surface area is 117 Å². The first-order chi connectivity index (χ1) is 9.91. The van der Waals surface area contributed by atoms with Gasteiger partial charge < -0.3 is 15.5 Å². The molecule has 0 aromatic heterocycles. The van der Waals surface area contributed by atoms with Gasteiger partial charge in [-0.1, -0.05) is 18.2 Å². The van der Waals surface area contributed by atoms with E-state index in [0.29, 0.717) is 11.6 Å². The van der Waals surface area contributed by atoms with E-state index in [1.165, 1.54) is 12.1 Å². The van der Waals surface area contributed by atoms with Gasteiger partial charge in [0.25, 0.3) is 5.91 Å². The van der Waals surface area contributed by atoms with Crippen LogP contribution >= 0.6 is 0 Å². The van der Waals surface area contributed by atoms with Crippen LogP contribution in [0.2, 0.25) is 0 Å². The van der Waals surface area contributed by atoms with Crippen molar-refractivity contribution in [2.45, 2.75) is 6.54 Å². The molecule has 0 fully saturated rings. The highest BCUT2D eigenvalue weighted by Crippen LogP contribution is 2.26. The third-order valence-electron chi connectivity index (χ3n) is 2.81. The van der Waals surface area contributed by atoms with Crippen LogP contribution in [0.25, 0.3) is 0 Å². The Balaban J connectivity index is 2.20. The summed E-state index contributed by atoms with van der Waals surface area (Å²) in [6, 6.07) is 6.46. The SMILES string of the molecule is O=C(NCc1ccccc1O)c1cc(F)c(F)c(O)c1F. The molecule has 110 valence electrons. The molecule has 7 heteroatoms. The van der Waals surface area contributed by atoms with Gasteiger partial charge in [-0.25, -0.2) is 8.78 Å². The van der Waals surface area contributed by atoms with Crippen molar-refractivity contribution < 1.29 is 28.2 Å². The van der Waals surface area contributed by atoms with Crippen LogP contribution in [-0.4, -0.2) is 16.1 Å². The van der Waals surface area contributed by atoms with Crippen molar-refractivity contribution >= 4 is 5.91 Å². The third kappa shape index (κ3) is 2.91. The Morgan fingerprint density at radius 2 is 1.76 bits per heavy atom. The number of carbonyl (C=O) groups is 1. The summed E-state index contributed by atoms with van der Waals surface area (Å²) < 4.78 is 39.5. The molecular weight excluding hydrogens is 287 g/mol. The molecule has 2 rings (SSSR count). The monoisotopic (exact) mass is 297 g/mol. The van der Waals surface area contributed by atoms with Crippen molar-refractivity contribution in [1.29, 1.82) is 0 Å². The lowest BCUT2D eigenvalue weighted by atomic mass is 10.1. The molecule has 0 bridgehead atoms. The minimum Gasteiger partial charge on any atom is -0.508 e. The van der Waals surface area contributed by atoms with E-state index in [-0.39, 0.29) is 12.3 Å². The summed E-state index contributed by atoms with van der Waals surface area (Å²) in [7, 11) is 0. The summed E-state index contributed by atoms with van der Waals surface area (Å²) in [5, 5.41) is 20.8. The summed E-state index contributed by atoms with van der Waals surface area (Å²) in [6.07, 6.45) is 0. The highest BCUT2D eigenvalue weighted by molar-refractivity contribution is 5.95. The molecule has 1 amide bonds. The summed E-state index contributed by atoms with van der Waals surface area (Å²) >= 11 is 0. The van der Waals surface area contributed by atoms with Crippen molar-refractivity contribution in [3.8, 4) is 11.5 Å². The quantitative estimate of drug-likeness (QED) is 0.762. The fraction of sp³-hybridized carbons (Fsp3) is 0.0714. The molecule has 0 aliphatic carbocycles. The molecule has 0 atom stereocenters. The molecule has 0 saturated carbocycles. The number of amides is 1. The van der Waals surface area contributed by atoms with E-state index in [1.54, 1.807) is 12.1 Å². The maximum atomic E-state index is 13.5. The van der Waals surface area contributed by atoms with E-state index < -0.39 is 34.7 Å². The van der Waals surface area contributed by atoms with Crippen LogP contribution in [0.1, 0.15) is 15.9 Å². The fourth-order valence-electron chi connectivity index (χ4n) is 1.69. The number of halogens is 3. The molecule has 4 nitrogen and oxygen atoms in total. The van der Waals surface area contributed by atoms with Crippen LogP contribution in [0.5, 0.6) is 11.5 Å². The van der Waals surface area contributed by atoms with Crippen LogP contribution < -0.4 is 5.32 Å². The number of phenols is 2. The van der Waals surface area contributed by atoms with Crippen molar-refractivity contribution in [1.82, 2.24) is 5.32 Å². The lowest BCUT2D eigenvalue weighted by Crippen LogP contribution is -2.24. The van der Waals surface area contributed by atoms with Crippen LogP contribution in [0.3, 0.4) is 0 Å². The summed E-state index contributed by atoms with van der Waals surface area (Å²) in [4.78, 5) is 11.7. The lowest BCUT2D eigenvalue weighted by Gasteiger charge is -2.09. The number of hydrogen-bond acceptors (Lipinski definition) is 3. The minimum atomic E-state index is -1.76. The predicted octanol–water partition coefficient (Wildman–Crippen LogP) is 2.45. The van der Waals surface area contributed by atoms with Crippen molar-refractivity contribution in [2.75, 3.05) is 0 Å². The number of aromatic hydroxyl groups is 2. The van der Waals surface area contributed by atoms with Crippen molar-refractivity contribution in [3.63, 3.8) is 0 Å². The zero-order chi connectivity index (χ0) is 15.6. The molecule has 3 N–H and O–H groups in total. The van der Waals surface area contributed by atoms with E-state index in [9.17, 15) is 23.1 Å². The molecule has 21 heavy (non-hydrogen) atoms. The Bertz CT molecular complexity index is 704. The van der Waals surface area contributed by atoms with E-state index in [1.807, 2.05) is 0 Å². The van der Waals surface area contributed by atoms with E-state index in [0.717, 1.165) is 0 Å². The normalized spacial score (nSPS) is 10.4. The van der Waals surface area contributed by atoms with Gasteiger partial charge in [0, 0.05) is 12.1 Å². The van der Waals surface area contributed by atoms with Crippen LogP contribution in [0.4, 0.5) is 13.2 Å². The van der Waals surface area contributed by atoms with Gasteiger partial charge in [0.1, 0.15) is 5.75 Å². The van der Waals surface area contributed by atoms with Gasteiger partial charge >= 0.3 is 0 Å². The maximum absolute atomic E-state index is 13.5. The molecule has 0 saturated heterocycles. The van der Waals surface area contributed by atoms with Crippen molar-refractivity contribution in [2.24, 2.45) is 0 Å². The first-order valence-electron chi connectivity index (χ1n) is 5.83. The molecular formula is C14H10F3NO3. The number of benzene rings is 2. The van der Waals surface area contributed by atoms with Crippen LogP contribution in [-0.2, 0) is 6.54 Å². The van der Waals surface area contributed by atoms with E-state index in [4.69, 9.17) is 5.11 Å². The van der Waals surface area contributed by atoms with Crippen LogP contribution in [0.15, 0.2) is 30.3 Å². The highest BCUT2D eigenvalue weighted by atomic mass is 19.2. The second-order valence-corrected chi connectivity index (χ2v) is 4.19. The molecule has 0 aliphatic rings. The van der Waals surface area contributed by atoms with E-state index in [2.05, 4.69) is 5.32 Å². The summed E-state index contributed by atoms with van der Waals surface area (Å²) in [5.74, 6) is -7.53. The fourth-order valence-corrected chi connectivity index (χ4v) is 1.69. The number of carbonyl (C=O) groups excluding carboxylic acids is 1. The van der Waals surface area contributed by atoms with Gasteiger partial charge in [0.2, 0.25) is 5.82 Å². The topological polar surface area (TPSA) is 69.6 Å². The number of hydrogen-bond donors (Lipinski definition) is 3. The number of para-hydroxylation sites is 1. The Morgan fingerprint density at radius 3 is 2.43 bits per heavy atom. The smallest absolute Gasteiger partial charge is 0.254 e. The molecule has 2 aromatic carbocycles. The Kier molecular flexibility index (Phi) is 4.02. The first kappa shape index (κ1) is 14.7. The average Bonchev–Trinajstić information content (AvgIpc) is 2.47. The number of phenolic OH excluding ortho intramolecular Hbond substituents is 2. The van der Waals surface area contributed by atoms with E-state index >= 15 is 0 Å². The maximum Gasteiger partial charge on any atom is 0.254 e. The van der Waals surface area contributed by atoms with Crippen molar-refractivity contribution in [3.05, 3.63) is 58.9 Å². The van der Waals surface area contributed by atoms with Gasteiger partial charge in [0.05, 0.1) is 5.56 Å². The second kappa shape index (κ2) is 5.74. The van der Waals surface area contributed by atoms with Gasteiger partial charge in [-0.2, -0.15) is 4.39 Å². The molecule has 0 spiro atoms. The van der Waals surface area contributed by atoms with Gasteiger partial charge in [-0.05, 0) is 12.1 Å². The minimum absolute atomic E-state index is 0.0774. The Morgan fingerprint density at radius 1 is 1.10 bits per heavy atom. The standard InChI is InChI=1S/C14H10F3NO3/c15-9-5-8(11(16)13(20)12(9)17)14(21)18-6-7-3-1-2-4-10(7)19/h1-5,19-20H,6H2,(H,18,21). The zero-order valence-corrected chi connectivity index (χ0v) is 10.5. The predicted molar refractivity (Wildman–Crippen MR) is 67.3 cm³/mol. The zero-order valence-electron chi connectivity index (χ0n) is 10.5. The largest absolute Gasteiger partial charge is 0.508 e. The highest BCUT2D eigenvalue weighted by Gasteiger charge is 2.22. The molecule has 2 aromatic rings. The average molecular weight is 297 g/mol. The second-order valence-electron chi connectivity index (χ2n) is 4.19. The molecule has 0 aliphatic heterocycles. The molecule has 0 unspecified atom stereocenters. The lowest BCUT2D eigenvalue weighted by molar-refractivity contribution is 0.0945. The number of nitrogens with one attached hydrogen (secondary N) is 1. The van der Waals surface area contributed by atoms with Gasteiger partial charge in [-0.15, -0.1) is 0 Å². The molecule has 0 radical (unpaired) electrons.